The zero-order valence-electron chi connectivity index (χ0n) is 19.4. The van der Waals surface area contributed by atoms with Crippen molar-refractivity contribution < 1.29 is 23.4 Å². The number of benzene rings is 2. The van der Waals surface area contributed by atoms with Crippen LogP contribution in [0.15, 0.2) is 36.4 Å². The van der Waals surface area contributed by atoms with Gasteiger partial charge in [-0.3, -0.25) is 9.69 Å². The monoisotopic (exact) mass is 444 g/mol. The van der Waals surface area contributed by atoms with Crippen molar-refractivity contribution in [1.82, 2.24) is 9.80 Å². The predicted octanol–water partition coefficient (Wildman–Crippen LogP) is 4.54. The number of carbonyl (C=O) groups is 1. The maximum Gasteiger partial charge on any atom is 0.254 e. The largest absolute Gasteiger partial charge is 0.490 e. The second-order valence-corrected chi connectivity index (χ2v) is 7.63. The summed E-state index contributed by atoms with van der Waals surface area (Å²) in [5, 5.41) is 0. The van der Waals surface area contributed by atoms with Gasteiger partial charge < -0.3 is 19.1 Å². The van der Waals surface area contributed by atoms with Gasteiger partial charge in [-0.2, -0.15) is 0 Å². The minimum Gasteiger partial charge on any atom is -0.490 e. The molecular weight excluding hydrogens is 411 g/mol. The molecule has 2 aromatic rings. The smallest absolute Gasteiger partial charge is 0.254 e. The molecule has 2 aromatic carbocycles. The molecule has 3 rings (SSSR count). The molecule has 174 valence electrons. The van der Waals surface area contributed by atoms with Crippen LogP contribution in [-0.2, 0) is 0 Å². The molecule has 1 aliphatic heterocycles. The summed E-state index contributed by atoms with van der Waals surface area (Å²) in [7, 11) is 0. The molecule has 1 heterocycles. The lowest BCUT2D eigenvalue weighted by molar-refractivity contribution is 0.0578. The molecule has 0 N–H and O–H groups in total. The van der Waals surface area contributed by atoms with Crippen LogP contribution in [0, 0.1) is 5.82 Å². The van der Waals surface area contributed by atoms with Crippen molar-refractivity contribution in [3.63, 3.8) is 0 Å². The average molecular weight is 445 g/mol. The molecular formula is C25H33FN2O4. The Labute approximate surface area is 189 Å². The van der Waals surface area contributed by atoms with Gasteiger partial charge in [0.1, 0.15) is 5.82 Å². The molecule has 32 heavy (non-hydrogen) atoms. The Balaban J connectivity index is 1.74. The number of rotatable bonds is 9. The third-order valence-corrected chi connectivity index (χ3v) is 5.66. The zero-order chi connectivity index (χ0) is 23.1. The Morgan fingerprint density at radius 1 is 0.938 bits per heavy atom. The molecule has 1 amide bonds. The fraction of sp³-hybridized carbons (Fsp3) is 0.480. The van der Waals surface area contributed by atoms with Crippen molar-refractivity contribution in [3.05, 3.63) is 53.3 Å². The molecule has 0 spiro atoms. The van der Waals surface area contributed by atoms with Gasteiger partial charge in [-0.25, -0.2) is 4.39 Å². The van der Waals surface area contributed by atoms with Gasteiger partial charge in [0.15, 0.2) is 11.5 Å². The van der Waals surface area contributed by atoms with Crippen LogP contribution in [0.2, 0.25) is 0 Å². The standard InChI is InChI=1S/C25H33FN2O4/c1-5-30-22-16-19(17-23(31-6-2)24(22)32-7-3)25(29)28-14-12-27(13-15-28)18(4)20-10-8-9-11-21(20)26/h8-11,16-18H,5-7,12-15H2,1-4H3. The maximum atomic E-state index is 14.2. The van der Waals surface area contributed by atoms with E-state index in [9.17, 15) is 9.18 Å². The number of amides is 1. The second kappa shape index (κ2) is 11.2. The number of carbonyl (C=O) groups excluding carboxylic acids is 1. The Kier molecular flexibility index (Phi) is 8.33. The van der Waals surface area contributed by atoms with Gasteiger partial charge in [-0.05, 0) is 45.9 Å². The molecule has 1 fully saturated rings. The summed E-state index contributed by atoms with van der Waals surface area (Å²) in [6.07, 6.45) is 0. The quantitative estimate of drug-likeness (QED) is 0.568. The molecule has 0 bridgehead atoms. The highest BCUT2D eigenvalue weighted by Gasteiger charge is 2.28. The third-order valence-electron chi connectivity index (χ3n) is 5.66. The number of nitrogens with zero attached hydrogens (tertiary/aromatic N) is 2. The van der Waals surface area contributed by atoms with Crippen molar-refractivity contribution in [3.8, 4) is 17.2 Å². The molecule has 1 saturated heterocycles. The van der Waals surface area contributed by atoms with Crippen LogP contribution in [0.1, 0.15) is 49.7 Å². The van der Waals surface area contributed by atoms with Crippen LogP contribution in [0.3, 0.4) is 0 Å². The summed E-state index contributed by atoms with van der Waals surface area (Å²) >= 11 is 0. The van der Waals surface area contributed by atoms with Crippen molar-refractivity contribution in [1.29, 1.82) is 0 Å². The van der Waals surface area contributed by atoms with Gasteiger partial charge >= 0.3 is 0 Å². The van der Waals surface area contributed by atoms with E-state index in [2.05, 4.69) is 4.90 Å². The van der Waals surface area contributed by atoms with Crippen LogP contribution in [-0.4, -0.2) is 61.7 Å². The fourth-order valence-corrected chi connectivity index (χ4v) is 4.02. The summed E-state index contributed by atoms with van der Waals surface area (Å²) in [5.74, 6) is 1.27. The molecule has 0 radical (unpaired) electrons. The van der Waals surface area contributed by atoms with Crippen molar-refractivity contribution in [2.45, 2.75) is 33.7 Å². The summed E-state index contributed by atoms with van der Waals surface area (Å²) in [5.41, 5.74) is 1.19. The first-order valence-electron chi connectivity index (χ1n) is 11.3. The number of hydrogen-bond acceptors (Lipinski definition) is 5. The molecule has 1 atom stereocenters. The molecule has 0 saturated carbocycles. The van der Waals surface area contributed by atoms with Gasteiger partial charge in [-0.1, -0.05) is 18.2 Å². The summed E-state index contributed by atoms with van der Waals surface area (Å²) in [4.78, 5) is 17.3. The van der Waals surface area contributed by atoms with Gasteiger partial charge in [0.25, 0.3) is 5.91 Å². The van der Waals surface area contributed by atoms with Crippen molar-refractivity contribution in [2.24, 2.45) is 0 Å². The van der Waals surface area contributed by atoms with E-state index >= 15 is 0 Å². The van der Waals surface area contributed by atoms with E-state index in [0.717, 1.165) is 0 Å². The first-order chi connectivity index (χ1) is 15.5. The Morgan fingerprint density at radius 3 is 2.03 bits per heavy atom. The first kappa shape index (κ1) is 23.9. The van der Waals surface area contributed by atoms with Crippen LogP contribution < -0.4 is 14.2 Å². The summed E-state index contributed by atoms with van der Waals surface area (Å²) in [6.45, 7) is 11.5. The minimum absolute atomic E-state index is 0.0481. The van der Waals surface area contributed by atoms with E-state index in [1.165, 1.54) is 6.07 Å². The maximum absolute atomic E-state index is 14.2. The Morgan fingerprint density at radius 2 is 1.50 bits per heavy atom. The molecule has 1 unspecified atom stereocenters. The zero-order valence-corrected chi connectivity index (χ0v) is 19.4. The Hall–Kier alpha value is -2.80. The number of halogens is 1. The third kappa shape index (κ3) is 5.33. The highest BCUT2D eigenvalue weighted by atomic mass is 19.1. The van der Waals surface area contributed by atoms with Gasteiger partial charge in [0.05, 0.1) is 19.8 Å². The minimum atomic E-state index is -0.195. The SMILES string of the molecule is CCOc1cc(C(=O)N2CCN(C(C)c3ccccc3F)CC2)cc(OCC)c1OCC. The molecule has 1 aliphatic rings. The fourth-order valence-electron chi connectivity index (χ4n) is 4.02. The topological polar surface area (TPSA) is 51.2 Å². The normalized spacial score (nSPS) is 15.3. The van der Waals surface area contributed by atoms with E-state index < -0.39 is 0 Å². The number of piperazine rings is 1. The lowest BCUT2D eigenvalue weighted by Crippen LogP contribution is -2.49. The molecule has 0 aromatic heterocycles. The lowest BCUT2D eigenvalue weighted by Gasteiger charge is -2.38. The lowest BCUT2D eigenvalue weighted by atomic mass is 10.1. The van der Waals surface area contributed by atoms with E-state index in [-0.39, 0.29) is 17.8 Å². The van der Waals surface area contributed by atoms with Crippen LogP contribution >= 0.6 is 0 Å². The summed E-state index contributed by atoms with van der Waals surface area (Å²) in [6, 6.07) is 10.3. The van der Waals surface area contributed by atoms with E-state index in [4.69, 9.17) is 14.2 Å². The average Bonchev–Trinajstić information content (AvgIpc) is 2.81. The van der Waals surface area contributed by atoms with Gasteiger partial charge in [0, 0.05) is 43.3 Å². The van der Waals surface area contributed by atoms with E-state index in [0.29, 0.717) is 74.4 Å². The van der Waals surface area contributed by atoms with Crippen molar-refractivity contribution in [2.75, 3.05) is 46.0 Å². The molecule has 6 nitrogen and oxygen atoms in total. The van der Waals surface area contributed by atoms with Crippen LogP contribution in [0.4, 0.5) is 4.39 Å². The van der Waals surface area contributed by atoms with Crippen LogP contribution in [0.25, 0.3) is 0 Å². The molecule has 7 heteroatoms. The highest BCUT2D eigenvalue weighted by molar-refractivity contribution is 5.95. The van der Waals surface area contributed by atoms with Crippen molar-refractivity contribution >= 4 is 5.91 Å². The highest BCUT2D eigenvalue weighted by Crippen LogP contribution is 2.39. The number of hydrogen-bond donors (Lipinski definition) is 0. The molecule has 0 aliphatic carbocycles. The Bertz CT molecular complexity index is 886. The van der Waals surface area contributed by atoms with E-state index in [1.807, 2.05) is 44.7 Å². The van der Waals surface area contributed by atoms with Gasteiger partial charge in [0.2, 0.25) is 5.75 Å². The second-order valence-electron chi connectivity index (χ2n) is 7.63. The summed E-state index contributed by atoms with van der Waals surface area (Å²) < 4.78 is 31.4. The number of ether oxygens (including phenoxy) is 3. The van der Waals surface area contributed by atoms with Gasteiger partial charge in [-0.15, -0.1) is 0 Å². The first-order valence-corrected chi connectivity index (χ1v) is 11.3. The predicted molar refractivity (Wildman–Crippen MR) is 122 cm³/mol. The van der Waals surface area contributed by atoms with Crippen LogP contribution in [0.5, 0.6) is 17.2 Å². The van der Waals surface area contributed by atoms with E-state index in [1.54, 1.807) is 18.2 Å².